The summed E-state index contributed by atoms with van der Waals surface area (Å²) in [5, 5.41) is 0. The molecule has 19 heavy (non-hydrogen) atoms. The molecule has 2 fully saturated rings. The van der Waals surface area contributed by atoms with Crippen LogP contribution >= 0.6 is 0 Å². The van der Waals surface area contributed by atoms with E-state index in [4.69, 9.17) is 0 Å². The Labute approximate surface area is 115 Å². The number of hydrogen-bond donors (Lipinski definition) is 0. The Bertz CT molecular complexity index is 493. The molecule has 0 N–H and O–H groups in total. The Morgan fingerprint density at radius 3 is 2.58 bits per heavy atom. The summed E-state index contributed by atoms with van der Waals surface area (Å²) in [4.78, 5) is 14.9. The molecule has 1 aliphatic carbocycles. The zero-order chi connectivity index (χ0) is 13.3. The summed E-state index contributed by atoms with van der Waals surface area (Å²) in [6.45, 7) is 5.81. The lowest BCUT2D eigenvalue weighted by Gasteiger charge is -2.40. The van der Waals surface area contributed by atoms with E-state index in [1.165, 1.54) is 11.1 Å². The van der Waals surface area contributed by atoms with Gasteiger partial charge in [0.25, 0.3) is 0 Å². The maximum atomic E-state index is 12.8. The third-order valence-electron chi connectivity index (χ3n) is 4.70. The van der Waals surface area contributed by atoms with Crippen molar-refractivity contribution in [3.05, 3.63) is 48.0 Å². The fraction of sp³-hybridized carbons (Fsp3) is 0.471. The molecule has 0 radical (unpaired) electrons. The molecule has 2 nitrogen and oxygen atoms in total. The number of benzene rings is 1. The average Bonchev–Trinajstić information content (AvgIpc) is 2.79. The van der Waals surface area contributed by atoms with Crippen LogP contribution in [-0.4, -0.2) is 17.4 Å². The van der Waals surface area contributed by atoms with Crippen LogP contribution in [0.25, 0.3) is 0 Å². The van der Waals surface area contributed by atoms with Crippen LogP contribution in [0.5, 0.6) is 0 Å². The molecular formula is C17H21NO. The second-order valence-electron chi connectivity index (χ2n) is 5.86. The van der Waals surface area contributed by atoms with Crippen molar-refractivity contribution < 1.29 is 4.79 Å². The number of carbonyl (C=O) groups is 1. The zero-order valence-corrected chi connectivity index (χ0v) is 11.4. The van der Waals surface area contributed by atoms with E-state index >= 15 is 0 Å². The van der Waals surface area contributed by atoms with E-state index < -0.39 is 0 Å². The highest BCUT2D eigenvalue weighted by molar-refractivity contribution is 5.87. The van der Waals surface area contributed by atoms with Gasteiger partial charge in [-0.25, -0.2) is 0 Å². The summed E-state index contributed by atoms with van der Waals surface area (Å²) < 4.78 is 0. The Kier molecular flexibility index (Phi) is 3.17. The topological polar surface area (TPSA) is 20.3 Å². The summed E-state index contributed by atoms with van der Waals surface area (Å²) in [6.07, 6.45) is 5.29. The molecule has 1 saturated heterocycles. The van der Waals surface area contributed by atoms with Gasteiger partial charge in [0, 0.05) is 13.1 Å². The Morgan fingerprint density at radius 2 is 1.89 bits per heavy atom. The van der Waals surface area contributed by atoms with Gasteiger partial charge in [0.15, 0.2) is 0 Å². The normalized spacial score (nSPS) is 27.3. The van der Waals surface area contributed by atoms with Crippen molar-refractivity contribution in [2.24, 2.45) is 5.41 Å². The van der Waals surface area contributed by atoms with Gasteiger partial charge < -0.3 is 4.90 Å². The molecule has 100 valence electrons. The number of nitrogens with zero attached hydrogens (tertiary/aromatic N) is 1. The predicted molar refractivity (Wildman–Crippen MR) is 76.5 cm³/mol. The highest BCUT2D eigenvalue weighted by Crippen LogP contribution is 2.49. The number of likely N-dealkylation sites (tertiary alicyclic amines) is 1. The van der Waals surface area contributed by atoms with Crippen molar-refractivity contribution in [1.29, 1.82) is 0 Å². The smallest absolute Gasteiger partial charge is 0.233 e. The highest BCUT2D eigenvalue weighted by atomic mass is 16.2. The van der Waals surface area contributed by atoms with Gasteiger partial charge in [-0.15, -0.1) is 0 Å². The predicted octanol–water partition coefficient (Wildman–Crippen LogP) is 3.54. The van der Waals surface area contributed by atoms with Crippen LogP contribution in [0.3, 0.4) is 0 Å². The van der Waals surface area contributed by atoms with Gasteiger partial charge in [-0.3, -0.25) is 4.79 Å². The van der Waals surface area contributed by atoms with E-state index in [1.54, 1.807) is 0 Å². The summed E-state index contributed by atoms with van der Waals surface area (Å²) in [6, 6.07) is 10.3. The lowest BCUT2D eigenvalue weighted by Crippen LogP contribution is -2.47. The fourth-order valence-electron chi connectivity index (χ4n) is 3.62. The molecule has 1 amide bonds. The van der Waals surface area contributed by atoms with E-state index in [0.717, 1.165) is 45.2 Å². The van der Waals surface area contributed by atoms with Gasteiger partial charge >= 0.3 is 0 Å². The number of hydrogen-bond acceptors (Lipinski definition) is 1. The van der Waals surface area contributed by atoms with Crippen molar-refractivity contribution in [1.82, 2.24) is 4.90 Å². The third-order valence-corrected chi connectivity index (χ3v) is 4.70. The summed E-state index contributed by atoms with van der Waals surface area (Å²) in [7, 11) is 0. The standard InChI is InChI=1S/C17H21NO/c1-14-7-5-10-17(14)11-6-12-18(16(17)19)13-15-8-3-2-4-9-15/h2-4,8-9H,1,5-7,10-13H2/t17-/m0/s1. The molecule has 1 aromatic rings. The van der Waals surface area contributed by atoms with Gasteiger partial charge in [-0.05, 0) is 37.7 Å². The fourth-order valence-corrected chi connectivity index (χ4v) is 3.62. The van der Waals surface area contributed by atoms with Crippen LogP contribution in [0.4, 0.5) is 0 Å². The molecule has 0 aromatic heterocycles. The first-order valence-electron chi connectivity index (χ1n) is 7.24. The van der Waals surface area contributed by atoms with E-state index in [1.807, 2.05) is 23.1 Å². The molecule has 2 aliphatic rings. The minimum atomic E-state index is -0.215. The summed E-state index contributed by atoms with van der Waals surface area (Å²) in [5.41, 5.74) is 2.18. The van der Waals surface area contributed by atoms with Crippen molar-refractivity contribution in [2.45, 2.75) is 38.6 Å². The Hall–Kier alpha value is -1.57. The van der Waals surface area contributed by atoms with E-state index in [0.29, 0.717) is 5.91 Å². The molecule has 1 heterocycles. The van der Waals surface area contributed by atoms with Gasteiger partial charge in [-0.1, -0.05) is 42.5 Å². The average molecular weight is 255 g/mol. The molecule has 1 atom stereocenters. The van der Waals surface area contributed by atoms with Crippen molar-refractivity contribution >= 4 is 5.91 Å². The lowest BCUT2D eigenvalue weighted by atomic mass is 9.75. The van der Waals surface area contributed by atoms with Crippen molar-refractivity contribution in [3.63, 3.8) is 0 Å². The van der Waals surface area contributed by atoms with Crippen LogP contribution in [0, 0.1) is 5.41 Å². The monoisotopic (exact) mass is 255 g/mol. The van der Waals surface area contributed by atoms with Gasteiger partial charge in [-0.2, -0.15) is 0 Å². The van der Waals surface area contributed by atoms with Crippen molar-refractivity contribution in [3.8, 4) is 0 Å². The van der Waals surface area contributed by atoms with Gasteiger partial charge in [0.2, 0.25) is 5.91 Å². The first-order valence-corrected chi connectivity index (χ1v) is 7.24. The third kappa shape index (κ3) is 2.09. The molecule has 2 heteroatoms. The molecule has 1 saturated carbocycles. The number of rotatable bonds is 2. The Morgan fingerprint density at radius 1 is 1.16 bits per heavy atom. The quantitative estimate of drug-likeness (QED) is 0.740. The molecule has 3 rings (SSSR count). The zero-order valence-electron chi connectivity index (χ0n) is 11.4. The van der Waals surface area contributed by atoms with Crippen LogP contribution < -0.4 is 0 Å². The maximum absolute atomic E-state index is 12.8. The number of piperidine rings is 1. The maximum Gasteiger partial charge on any atom is 0.233 e. The molecule has 0 unspecified atom stereocenters. The number of amides is 1. The number of carbonyl (C=O) groups excluding carboxylic acids is 1. The highest BCUT2D eigenvalue weighted by Gasteiger charge is 2.47. The molecule has 1 spiro atoms. The van der Waals surface area contributed by atoms with E-state index in [-0.39, 0.29) is 5.41 Å². The molecular weight excluding hydrogens is 234 g/mol. The van der Waals surface area contributed by atoms with Crippen molar-refractivity contribution in [2.75, 3.05) is 6.54 Å². The van der Waals surface area contributed by atoms with Crippen LogP contribution in [0.15, 0.2) is 42.5 Å². The second kappa shape index (κ2) is 4.84. The minimum absolute atomic E-state index is 0.215. The van der Waals surface area contributed by atoms with Gasteiger partial charge in [0.05, 0.1) is 5.41 Å². The second-order valence-corrected chi connectivity index (χ2v) is 5.86. The minimum Gasteiger partial charge on any atom is -0.338 e. The SMILES string of the molecule is C=C1CCC[C@]12CCCN(Cc1ccccc1)C2=O. The molecule has 1 aliphatic heterocycles. The lowest BCUT2D eigenvalue weighted by molar-refractivity contribution is -0.144. The molecule has 1 aromatic carbocycles. The van der Waals surface area contributed by atoms with Crippen LogP contribution in [-0.2, 0) is 11.3 Å². The summed E-state index contributed by atoms with van der Waals surface area (Å²) in [5.74, 6) is 0.324. The largest absolute Gasteiger partial charge is 0.338 e. The first-order chi connectivity index (χ1) is 9.22. The van der Waals surface area contributed by atoms with E-state index in [2.05, 4.69) is 18.7 Å². The van der Waals surface area contributed by atoms with Crippen LogP contribution in [0.1, 0.15) is 37.7 Å². The van der Waals surface area contributed by atoms with E-state index in [9.17, 15) is 4.79 Å². The van der Waals surface area contributed by atoms with Crippen LogP contribution in [0.2, 0.25) is 0 Å². The Balaban J connectivity index is 1.80. The first kappa shape index (κ1) is 12.5. The van der Waals surface area contributed by atoms with Gasteiger partial charge in [0.1, 0.15) is 0 Å². The summed E-state index contributed by atoms with van der Waals surface area (Å²) >= 11 is 0. The molecule has 0 bridgehead atoms.